The summed E-state index contributed by atoms with van der Waals surface area (Å²) >= 11 is 0. The van der Waals surface area contributed by atoms with Gasteiger partial charge in [-0.15, -0.1) is 0 Å². The molecule has 5 N–H and O–H groups in total. The number of imidazole rings is 2. The number of aromatic nitrogens is 5. The number of fused-ring (bicyclic) bond motifs is 2. The Labute approximate surface area is 318 Å². The summed E-state index contributed by atoms with van der Waals surface area (Å²) in [6, 6.07) is 14.4. The van der Waals surface area contributed by atoms with Crippen LogP contribution < -0.4 is 10.6 Å². The summed E-state index contributed by atoms with van der Waals surface area (Å²) < 4.78 is 9.54. The number of aromatic amines is 3. The van der Waals surface area contributed by atoms with Gasteiger partial charge in [-0.1, -0.05) is 39.8 Å². The van der Waals surface area contributed by atoms with Gasteiger partial charge < -0.3 is 44.9 Å². The monoisotopic (exact) mass is 751 g/mol. The molecular weight excluding hydrogens is 702 g/mol. The third kappa shape index (κ3) is 7.47. The van der Waals surface area contributed by atoms with Crippen LogP contribution in [0, 0.1) is 11.8 Å². The molecule has 55 heavy (non-hydrogen) atoms. The van der Waals surface area contributed by atoms with Gasteiger partial charge in [0.15, 0.2) is 0 Å². The average molecular weight is 752 g/mol. The van der Waals surface area contributed by atoms with Crippen LogP contribution in [0.3, 0.4) is 0 Å². The van der Waals surface area contributed by atoms with E-state index in [0.717, 1.165) is 81.9 Å². The lowest BCUT2D eigenvalue weighted by molar-refractivity contribution is -0.136. The van der Waals surface area contributed by atoms with E-state index in [9.17, 15) is 19.2 Å². The molecule has 2 aliphatic heterocycles. The predicted octanol–water partition coefficient (Wildman–Crippen LogP) is 6.19. The van der Waals surface area contributed by atoms with Gasteiger partial charge in [0.2, 0.25) is 11.8 Å². The van der Waals surface area contributed by atoms with Gasteiger partial charge in [0.1, 0.15) is 23.7 Å². The lowest BCUT2D eigenvalue weighted by Crippen LogP contribution is -2.51. The van der Waals surface area contributed by atoms with Gasteiger partial charge in [-0.05, 0) is 73.9 Å². The van der Waals surface area contributed by atoms with E-state index in [1.165, 1.54) is 14.2 Å². The molecule has 15 nitrogen and oxygen atoms in total. The fraction of sp³-hybridized carbons (Fsp3) is 0.450. The Morgan fingerprint density at radius 3 is 1.67 bits per heavy atom. The fourth-order valence-electron chi connectivity index (χ4n) is 7.82. The Morgan fingerprint density at radius 2 is 1.15 bits per heavy atom. The van der Waals surface area contributed by atoms with Crippen LogP contribution in [-0.4, -0.2) is 98.1 Å². The van der Waals surface area contributed by atoms with Gasteiger partial charge in [0, 0.05) is 35.6 Å². The lowest BCUT2D eigenvalue weighted by Gasteiger charge is -2.29. The summed E-state index contributed by atoms with van der Waals surface area (Å²) in [5.74, 6) is 0.927. The van der Waals surface area contributed by atoms with E-state index in [2.05, 4.69) is 31.7 Å². The normalized spacial score (nSPS) is 18.3. The number of carbonyl (C=O) groups is 4. The number of rotatable bonds is 10. The standard InChI is InChI=1S/C40H49N9O6/c1-21(2)33(46-39(52)54-5)37(50)48-17-7-9-31(48)35-42-27-13-11-23(19-29(27)44-35)25-15-16-26(41-25)24-12-14-28-30(20-24)45-36(43-28)32-10-8-18-49(32)38(51)34(22(3)4)47-40(53)55-6/h11-16,19-22,31-34,41H,7-10,17-18H2,1-6H3,(H,42,44)(H,43,45)(H,46,52)(H,47,53). The number of alkyl carbamates (subject to hydrolysis) is 2. The number of ether oxygens (including phenoxy) is 2. The number of hydrogen-bond acceptors (Lipinski definition) is 8. The average Bonchev–Trinajstić information content (AvgIpc) is 4.02. The molecule has 2 aliphatic rings. The number of nitrogens with one attached hydrogen (secondary N) is 5. The van der Waals surface area contributed by atoms with Crippen LogP contribution in [0.1, 0.15) is 77.1 Å². The first-order valence-corrected chi connectivity index (χ1v) is 18.9. The van der Waals surface area contributed by atoms with Crippen LogP contribution in [0.4, 0.5) is 9.59 Å². The smallest absolute Gasteiger partial charge is 0.407 e. The van der Waals surface area contributed by atoms with Crippen molar-refractivity contribution in [1.82, 2.24) is 45.4 Å². The molecule has 0 bridgehead atoms. The minimum atomic E-state index is -0.698. The van der Waals surface area contributed by atoms with Gasteiger partial charge in [0.05, 0.1) is 48.4 Å². The van der Waals surface area contributed by atoms with Crippen molar-refractivity contribution in [3.05, 3.63) is 60.2 Å². The van der Waals surface area contributed by atoms with E-state index in [4.69, 9.17) is 19.4 Å². The Kier molecular flexibility index (Phi) is 10.5. The molecule has 0 saturated carbocycles. The molecule has 2 saturated heterocycles. The van der Waals surface area contributed by atoms with Crippen molar-refractivity contribution in [2.45, 2.75) is 77.5 Å². The molecule has 4 atom stereocenters. The number of hydrogen-bond donors (Lipinski definition) is 5. The van der Waals surface area contributed by atoms with Crippen LogP contribution >= 0.6 is 0 Å². The van der Waals surface area contributed by atoms with Crippen molar-refractivity contribution in [3.8, 4) is 22.5 Å². The lowest BCUT2D eigenvalue weighted by atomic mass is 10.0. The topological polar surface area (TPSA) is 190 Å². The summed E-state index contributed by atoms with van der Waals surface area (Å²) in [5.41, 5.74) is 7.15. The first-order valence-electron chi connectivity index (χ1n) is 18.9. The van der Waals surface area contributed by atoms with Gasteiger partial charge in [-0.25, -0.2) is 19.6 Å². The summed E-state index contributed by atoms with van der Waals surface area (Å²) in [6.45, 7) is 8.77. The van der Waals surface area contributed by atoms with Crippen molar-refractivity contribution in [1.29, 1.82) is 0 Å². The Hall–Kier alpha value is -5.86. The van der Waals surface area contributed by atoms with Crippen molar-refractivity contribution < 1.29 is 28.7 Å². The maximum absolute atomic E-state index is 13.6. The van der Waals surface area contributed by atoms with Gasteiger partial charge in [-0.2, -0.15) is 0 Å². The van der Waals surface area contributed by atoms with Gasteiger partial charge in [-0.3, -0.25) is 9.59 Å². The first kappa shape index (κ1) is 37.5. The molecule has 2 aromatic carbocycles. The third-order valence-corrected chi connectivity index (χ3v) is 10.8. The van der Waals surface area contributed by atoms with Crippen LogP contribution in [-0.2, 0) is 19.1 Å². The Balaban J connectivity index is 1.08. The van der Waals surface area contributed by atoms with E-state index in [1.807, 2.05) is 80.0 Å². The molecule has 0 spiro atoms. The number of carbonyl (C=O) groups excluding carboxylic acids is 4. The van der Waals surface area contributed by atoms with Crippen LogP contribution in [0.5, 0.6) is 0 Å². The number of benzene rings is 2. The summed E-state index contributed by atoms with van der Waals surface area (Å²) in [5, 5.41) is 5.40. The molecule has 7 rings (SSSR count). The zero-order valence-electron chi connectivity index (χ0n) is 32.1. The van der Waals surface area contributed by atoms with E-state index < -0.39 is 24.3 Å². The number of H-pyrrole nitrogens is 3. The van der Waals surface area contributed by atoms with E-state index >= 15 is 0 Å². The van der Waals surface area contributed by atoms with Crippen LogP contribution in [0.25, 0.3) is 44.6 Å². The van der Waals surface area contributed by atoms with E-state index in [-0.39, 0.29) is 35.7 Å². The number of amides is 4. The van der Waals surface area contributed by atoms with Crippen LogP contribution in [0.15, 0.2) is 48.5 Å². The van der Waals surface area contributed by atoms with Gasteiger partial charge in [0.25, 0.3) is 0 Å². The molecule has 0 aliphatic carbocycles. The second-order valence-electron chi connectivity index (χ2n) is 15.1. The maximum Gasteiger partial charge on any atom is 0.407 e. The largest absolute Gasteiger partial charge is 0.453 e. The minimum Gasteiger partial charge on any atom is -0.453 e. The highest BCUT2D eigenvalue weighted by atomic mass is 16.5. The molecule has 3 aromatic heterocycles. The second-order valence-corrected chi connectivity index (χ2v) is 15.1. The molecule has 290 valence electrons. The number of nitrogens with zero attached hydrogens (tertiary/aromatic N) is 4. The minimum absolute atomic E-state index is 0.113. The highest BCUT2D eigenvalue weighted by Crippen LogP contribution is 2.36. The van der Waals surface area contributed by atoms with Gasteiger partial charge >= 0.3 is 12.2 Å². The Bertz CT molecular complexity index is 2070. The van der Waals surface area contributed by atoms with E-state index in [0.29, 0.717) is 13.1 Å². The molecule has 15 heteroatoms. The molecule has 5 heterocycles. The molecule has 2 fully saturated rings. The molecule has 4 amide bonds. The highest BCUT2D eigenvalue weighted by Gasteiger charge is 2.39. The fourth-order valence-corrected chi connectivity index (χ4v) is 7.82. The SMILES string of the molecule is COC(=O)NC(C(=O)N1CCCC1c1nc2cc(-c3ccc(-c4ccc5nc(C6CCCN6C(=O)C(NC(=O)OC)C(C)C)[nH]c5c4)[nH]3)ccc2[nH]1)C(C)C. The summed E-state index contributed by atoms with van der Waals surface area (Å²) in [6.07, 6.45) is 1.96. The number of methoxy groups -OCH3 is 2. The maximum atomic E-state index is 13.6. The molecule has 4 unspecified atom stereocenters. The van der Waals surface area contributed by atoms with E-state index in [1.54, 1.807) is 0 Å². The summed E-state index contributed by atoms with van der Waals surface area (Å²) in [7, 11) is 2.58. The Morgan fingerprint density at radius 1 is 0.655 bits per heavy atom. The van der Waals surface area contributed by atoms with Crippen LogP contribution in [0.2, 0.25) is 0 Å². The number of likely N-dealkylation sites (tertiary alicyclic amines) is 2. The first-order chi connectivity index (χ1) is 26.4. The second kappa shape index (κ2) is 15.5. The van der Waals surface area contributed by atoms with Crippen molar-refractivity contribution >= 4 is 46.1 Å². The summed E-state index contributed by atoms with van der Waals surface area (Å²) in [4.78, 5) is 75.1. The zero-order chi connectivity index (χ0) is 39.0. The molecule has 0 radical (unpaired) electrons. The van der Waals surface area contributed by atoms with Crippen molar-refractivity contribution in [3.63, 3.8) is 0 Å². The molecular formula is C40H49N9O6. The third-order valence-electron chi connectivity index (χ3n) is 10.8. The highest BCUT2D eigenvalue weighted by molar-refractivity contribution is 5.88. The quantitative estimate of drug-likeness (QED) is 0.112. The van der Waals surface area contributed by atoms with Crippen molar-refractivity contribution in [2.24, 2.45) is 11.8 Å². The zero-order valence-corrected chi connectivity index (χ0v) is 32.1. The predicted molar refractivity (Wildman–Crippen MR) is 207 cm³/mol. The van der Waals surface area contributed by atoms with Crippen molar-refractivity contribution in [2.75, 3.05) is 27.3 Å². The molecule has 5 aromatic rings.